The third kappa shape index (κ3) is 1.34. The van der Waals surface area contributed by atoms with E-state index < -0.39 is 0 Å². The summed E-state index contributed by atoms with van der Waals surface area (Å²) in [4.78, 5) is 0. The zero-order valence-electron chi connectivity index (χ0n) is 7.09. The summed E-state index contributed by atoms with van der Waals surface area (Å²) in [5, 5.41) is 0.521. The number of nitrogens with two attached hydrogens (primary N) is 2. The molecular formula is C9H11ClN2O. The Morgan fingerprint density at radius 3 is 3.00 bits per heavy atom. The molecular weight excluding hydrogens is 188 g/mol. The summed E-state index contributed by atoms with van der Waals surface area (Å²) in [6.45, 7) is 0.610. The number of anilines is 1. The lowest BCUT2D eigenvalue weighted by molar-refractivity contribution is 0.270. The van der Waals surface area contributed by atoms with Crippen LogP contribution in [0.1, 0.15) is 18.0 Å². The van der Waals surface area contributed by atoms with E-state index in [4.69, 9.17) is 27.8 Å². The molecule has 1 aromatic rings. The molecule has 0 saturated heterocycles. The van der Waals surface area contributed by atoms with E-state index in [1.165, 1.54) is 0 Å². The standard InChI is InChI=1S/C9H11ClN2O/c10-6-2-1-5-7(11)3-4-13-9(5)8(6)12/h1-2,7H,3-4,11-12H2/t7-/m1/s1. The molecule has 13 heavy (non-hydrogen) atoms. The van der Waals surface area contributed by atoms with Crippen molar-refractivity contribution in [2.75, 3.05) is 12.3 Å². The molecule has 0 bridgehead atoms. The van der Waals surface area contributed by atoms with Crippen molar-refractivity contribution in [1.82, 2.24) is 0 Å². The first-order valence-corrected chi connectivity index (χ1v) is 4.54. The predicted octanol–water partition coefficient (Wildman–Crippen LogP) is 1.70. The van der Waals surface area contributed by atoms with Crippen LogP contribution in [0, 0.1) is 0 Å². The summed E-state index contributed by atoms with van der Waals surface area (Å²) < 4.78 is 5.42. The maximum absolute atomic E-state index is 5.89. The highest BCUT2D eigenvalue weighted by atomic mass is 35.5. The van der Waals surface area contributed by atoms with E-state index in [9.17, 15) is 0 Å². The van der Waals surface area contributed by atoms with Crippen molar-refractivity contribution < 1.29 is 4.74 Å². The van der Waals surface area contributed by atoms with Gasteiger partial charge in [-0.25, -0.2) is 0 Å². The number of nitrogen functional groups attached to an aromatic ring is 1. The van der Waals surface area contributed by atoms with Crippen LogP contribution in [-0.2, 0) is 0 Å². The monoisotopic (exact) mass is 198 g/mol. The van der Waals surface area contributed by atoms with Gasteiger partial charge in [0, 0.05) is 18.0 Å². The zero-order valence-corrected chi connectivity index (χ0v) is 7.84. The molecule has 3 nitrogen and oxygen atoms in total. The molecule has 0 amide bonds. The van der Waals surface area contributed by atoms with Gasteiger partial charge in [0.25, 0.3) is 0 Å². The van der Waals surface area contributed by atoms with E-state index in [0.717, 1.165) is 12.0 Å². The van der Waals surface area contributed by atoms with Crippen LogP contribution in [0.15, 0.2) is 12.1 Å². The summed E-state index contributed by atoms with van der Waals surface area (Å²) in [5.74, 6) is 0.659. The lowest BCUT2D eigenvalue weighted by Gasteiger charge is -2.24. The molecule has 2 rings (SSSR count). The lowest BCUT2D eigenvalue weighted by atomic mass is 10.0. The van der Waals surface area contributed by atoms with Gasteiger partial charge in [0.15, 0.2) is 0 Å². The minimum Gasteiger partial charge on any atom is -0.491 e. The maximum Gasteiger partial charge on any atom is 0.148 e. The molecule has 0 aromatic heterocycles. The first-order chi connectivity index (χ1) is 6.20. The fourth-order valence-electron chi connectivity index (χ4n) is 1.49. The molecule has 0 radical (unpaired) electrons. The van der Waals surface area contributed by atoms with Crippen molar-refractivity contribution in [3.05, 3.63) is 22.7 Å². The maximum atomic E-state index is 5.89. The quantitative estimate of drug-likeness (QED) is 0.624. The Morgan fingerprint density at radius 1 is 1.46 bits per heavy atom. The number of fused-ring (bicyclic) bond motifs is 1. The van der Waals surface area contributed by atoms with Crippen LogP contribution >= 0.6 is 11.6 Å². The Balaban J connectivity index is 2.56. The van der Waals surface area contributed by atoms with Crippen LogP contribution in [0.25, 0.3) is 0 Å². The minimum atomic E-state index is 0.0170. The molecule has 0 saturated carbocycles. The summed E-state index contributed by atoms with van der Waals surface area (Å²) in [6, 6.07) is 3.64. The van der Waals surface area contributed by atoms with Crippen molar-refractivity contribution in [1.29, 1.82) is 0 Å². The average molecular weight is 199 g/mol. The molecule has 1 heterocycles. The lowest BCUT2D eigenvalue weighted by Crippen LogP contribution is -2.21. The van der Waals surface area contributed by atoms with E-state index in [1.807, 2.05) is 6.07 Å². The van der Waals surface area contributed by atoms with Gasteiger partial charge in [-0.1, -0.05) is 17.7 Å². The summed E-state index contributed by atoms with van der Waals surface area (Å²) in [7, 11) is 0. The first kappa shape index (κ1) is 8.66. The van der Waals surface area contributed by atoms with E-state index in [-0.39, 0.29) is 6.04 Å². The summed E-state index contributed by atoms with van der Waals surface area (Å²) >= 11 is 5.85. The van der Waals surface area contributed by atoms with Crippen LogP contribution in [-0.4, -0.2) is 6.61 Å². The molecule has 1 aliphatic heterocycles. The SMILES string of the molecule is Nc1c(Cl)ccc2c1OCC[C@H]2N. The molecule has 1 atom stereocenters. The van der Waals surface area contributed by atoms with Crippen molar-refractivity contribution in [2.45, 2.75) is 12.5 Å². The van der Waals surface area contributed by atoms with Crippen LogP contribution in [0.3, 0.4) is 0 Å². The van der Waals surface area contributed by atoms with Gasteiger partial charge in [-0.15, -0.1) is 0 Å². The molecule has 1 aliphatic rings. The number of benzene rings is 1. The molecule has 0 spiro atoms. The van der Waals surface area contributed by atoms with Crippen molar-refractivity contribution >= 4 is 17.3 Å². The Labute approximate surface area is 81.6 Å². The Bertz CT molecular complexity index is 341. The third-order valence-corrected chi connectivity index (χ3v) is 2.58. The minimum absolute atomic E-state index is 0.0170. The second kappa shape index (κ2) is 3.09. The molecule has 70 valence electrons. The number of hydrogen-bond donors (Lipinski definition) is 2. The highest BCUT2D eigenvalue weighted by Crippen LogP contribution is 2.39. The number of halogens is 1. The Kier molecular flexibility index (Phi) is 2.06. The Morgan fingerprint density at radius 2 is 2.23 bits per heavy atom. The van der Waals surface area contributed by atoms with Gasteiger partial charge < -0.3 is 16.2 Å². The molecule has 4 heteroatoms. The van der Waals surface area contributed by atoms with Gasteiger partial charge in [0.2, 0.25) is 0 Å². The fourth-order valence-corrected chi connectivity index (χ4v) is 1.64. The highest BCUT2D eigenvalue weighted by Gasteiger charge is 2.21. The van der Waals surface area contributed by atoms with Crippen LogP contribution in [0.2, 0.25) is 5.02 Å². The molecule has 0 unspecified atom stereocenters. The number of rotatable bonds is 0. The van der Waals surface area contributed by atoms with Crippen LogP contribution in [0.5, 0.6) is 5.75 Å². The second-order valence-corrected chi connectivity index (χ2v) is 3.53. The van der Waals surface area contributed by atoms with E-state index >= 15 is 0 Å². The average Bonchev–Trinajstić information content (AvgIpc) is 2.12. The van der Waals surface area contributed by atoms with Gasteiger partial charge in [0.1, 0.15) is 5.75 Å². The van der Waals surface area contributed by atoms with Crippen LogP contribution < -0.4 is 16.2 Å². The topological polar surface area (TPSA) is 61.3 Å². The van der Waals surface area contributed by atoms with Crippen LogP contribution in [0.4, 0.5) is 5.69 Å². The fraction of sp³-hybridized carbons (Fsp3) is 0.333. The van der Waals surface area contributed by atoms with Crippen molar-refractivity contribution in [3.63, 3.8) is 0 Å². The van der Waals surface area contributed by atoms with Crippen molar-refractivity contribution in [3.8, 4) is 5.75 Å². The highest BCUT2D eigenvalue weighted by molar-refractivity contribution is 6.33. The molecule has 0 aliphatic carbocycles. The van der Waals surface area contributed by atoms with E-state index in [2.05, 4.69) is 0 Å². The van der Waals surface area contributed by atoms with Gasteiger partial charge in [-0.05, 0) is 6.07 Å². The summed E-state index contributed by atoms with van der Waals surface area (Å²) in [5.41, 5.74) is 13.1. The largest absolute Gasteiger partial charge is 0.491 e. The van der Waals surface area contributed by atoms with Gasteiger partial charge in [-0.3, -0.25) is 0 Å². The number of hydrogen-bond acceptors (Lipinski definition) is 3. The van der Waals surface area contributed by atoms with Gasteiger partial charge in [-0.2, -0.15) is 0 Å². The Hall–Kier alpha value is -0.930. The summed E-state index contributed by atoms with van der Waals surface area (Å²) in [6.07, 6.45) is 0.827. The zero-order chi connectivity index (χ0) is 9.42. The number of ether oxygens (including phenoxy) is 1. The predicted molar refractivity (Wildman–Crippen MR) is 52.9 cm³/mol. The molecule has 0 fully saturated rings. The molecule has 1 aromatic carbocycles. The first-order valence-electron chi connectivity index (χ1n) is 4.16. The van der Waals surface area contributed by atoms with E-state index in [1.54, 1.807) is 6.07 Å². The van der Waals surface area contributed by atoms with Gasteiger partial charge >= 0.3 is 0 Å². The molecule has 4 N–H and O–H groups in total. The van der Waals surface area contributed by atoms with Crippen molar-refractivity contribution in [2.24, 2.45) is 5.73 Å². The normalized spacial score (nSPS) is 20.6. The van der Waals surface area contributed by atoms with Gasteiger partial charge in [0.05, 0.1) is 17.3 Å². The third-order valence-electron chi connectivity index (χ3n) is 2.25. The smallest absolute Gasteiger partial charge is 0.148 e. The van der Waals surface area contributed by atoms with E-state index in [0.29, 0.717) is 23.1 Å². The second-order valence-electron chi connectivity index (χ2n) is 3.12.